The molecule has 4 nitrogen and oxygen atoms in total. The third-order valence-electron chi connectivity index (χ3n) is 1.71. The smallest absolute Gasteiger partial charge is 0.247 e. The SMILES string of the molecule is NCc1nnc(-c2cccc(Br)c2)o1. The van der Waals surface area contributed by atoms with Crippen LogP contribution in [-0.4, -0.2) is 10.2 Å². The topological polar surface area (TPSA) is 64.9 Å². The van der Waals surface area contributed by atoms with E-state index in [2.05, 4.69) is 26.1 Å². The van der Waals surface area contributed by atoms with Crippen molar-refractivity contribution in [1.29, 1.82) is 0 Å². The Morgan fingerprint density at radius 1 is 1.36 bits per heavy atom. The summed E-state index contributed by atoms with van der Waals surface area (Å²) in [5.41, 5.74) is 6.25. The van der Waals surface area contributed by atoms with E-state index in [0.29, 0.717) is 11.8 Å². The second kappa shape index (κ2) is 3.89. The summed E-state index contributed by atoms with van der Waals surface area (Å²) in [7, 11) is 0. The minimum absolute atomic E-state index is 0.265. The van der Waals surface area contributed by atoms with E-state index >= 15 is 0 Å². The van der Waals surface area contributed by atoms with Crippen LogP contribution in [0.4, 0.5) is 0 Å². The van der Waals surface area contributed by atoms with Crippen molar-refractivity contribution in [3.63, 3.8) is 0 Å². The van der Waals surface area contributed by atoms with E-state index in [4.69, 9.17) is 10.2 Å². The van der Waals surface area contributed by atoms with Crippen molar-refractivity contribution in [2.24, 2.45) is 5.73 Å². The van der Waals surface area contributed by atoms with Crippen LogP contribution in [0.2, 0.25) is 0 Å². The molecule has 1 aromatic carbocycles. The Kier molecular flexibility index (Phi) is 2.60. The van der Waals surface area contributed by atoms with E-state index < -0.39 is 0 Å². The molecule has 14 heavy (non-hydrogen) atoms. The fraction of sp³-hybridized carbons (Fsp3) is 0.111. The first-order chi connectivity index (χ1) is 6.79. The van der Waals surface area contributed by atoms with Crippen molar-refractivity contribution in [2.75, 3.05) is 0 Å². The average Bonchev–Trinajstić information content (AvgIpc) is 2.66. The van der Waals surface area contributed by atoms with Gasteiger partial charge in [-0.1, -0.05) is 22.0 Å². The van der Waals surface area contributed by atoms with Gasteiger partial charge in [0.2, 0.25) is 11.8 Å². The van der Waals surface area contributed by atoms with Gasteiger partial charge in [0.05, 0.1) is 6.54 Å². The molecule has 0 bridgehead atoms. The third kappa shape index (κ3) is 1.83. The molecule has 0 aliphatic rings. The van der Waals surface area contributed by atoms with Gasteiger partial charge in [-0.15, -0.1) is 10.2 Å². The number of halogens is 1. The summed E-state index contributed by atoms with van der Waals surface area (Å²) in [5, 5.41) is 7.66. The Balaban J connectivity index is 2.39. The van der Waals surface area contributed by atoms with Gasteiger partial charge in [0.25, 0.3) is 0 Å². The summed E-state index contributed by atoms with van der Waals surface area (Å²) in [6.45, 7) is 0.265. The number of nitrogens with zero attached hydrogens (tertiary/aromatic N) is 2. The Morgan fingerprint density at radius 2 is 2.21 bits per heavy atom. The number of hydrogen-bond donors (Lipinski definition) is 1. The zero-order valence-electron chi connectivity index (χ0n) is 7.27. The van der Waals surface area contributed by atoms with Crippen molar-refractivity contribution >= 4 is 15.9 Å². The maximum absolute atomic E-state index is 5.37. The van der Waals surface area contributed by atoms with Crippen LogP contribution < -0.4 is 5.73 Å². The summed E-state index contributed by atoms with van der Waals surface area (Å²) >= 11 is 3.37. The maximum Gasteiger partial charge on any atom is 0.247 e. The molecule has 0 radical (unpaired) electrons. The molecule has 0 aliphatic carbocycles. The predicted octanol–water partition coefficient (Wildman–Crippen LogP) is 1.96. The standard InChI is InChI=1S/C9H8BrN3O/c10-7-3-1-2-6(4-7)9-13-12-8(5-11)14-9/h1-4H,5,11H2. The Bertz CT molecular complexity index is 441. The summed E-state index contributed by atoms with van der Waals surface area (Å²) in [6.07, 6.45) is 0. The molecule has 1 aromatic heterocycles. The van der Waals surface area contributed by atoms with Crippen molar-refractivity contribution < 1.29 is 4.42 Å². The number of nitrogens with two attached hydrogens (primary N) is 1. The first-order valence-corrected chi connectivity index (χ1v) is 4.87. The lowest BCUT2D eigenvalue weighted by molar-refractivity contribution is 0.508. The van der Waals surface area contributed by atoms with Crippen LogP contribution in [0.1, 0.15) is 5.89 Å². The van der Waals surface area contributed by atoms with Gasteiger partial charge in [-0.3, -0.25) is 0 Å². The van der Waals surface area contributed by atoms with Gasteiger partial charge >= 0.3 is 0 Å². The molecule has 0 fully saturated rings. The van der Waals surface area contributed by atoms with Gasteiger partial charge < -0.3 is 10.2 Å². The molecule has 2 rings (SSSR count). The molecule has 0 unspecified atom stereocenters. The number of benzene rings is 1. The van der Waals surface area contributed by atoms with E-state index in [0.717, 1.165) is 10.0 Å². The minimum Gasteiger partial charge on any atom is -0.419 e. The second-order valence-electron chi connectivity index (χ2n) is 2.72. The van der Waals surface area contributed by atoms with Crippen molar-refractivity contribution in [3.05, 3.63) is 34.6 Å². The van der Waals surface area contributed by atoms with E-state index in [1.807, 2.05) is 24.3 Å². The highest BCUT2D eigenvalue weighted by Crippen LogP contribution is 2.21. The van der Waals surface area contributed by atoms with Crippen LogP contribution >= 0.6 is 15.9 Å². The monoisotopic (exact) mass is 253 g/mol. The molecule has 2 N–H and O–H groups in total. The van der Waals surface area contributed by atoms with Crippen LogP contribution in [0.5, 0.6) is 0 Å². The number of aromatic nitrogens is 2. The van der Waals surface area contributed by atoms with E-state index in [1.165, 1.54) is 0 Å². The average molecular weight is 254 g/mol. The summed E-state index contributed by atoms with van der Waals surface area (Å²) in [5.74, 6) is 0.937. The summed E-state index contributed by atoms with van der Waals surface area (Å²) in [4.78, 5) is 0. The lowest BCUT2D eigenvalue weighted by atomic mass is 10.2. The first kappa shape index (κ1) is 9.36. The highest BCUT2D eigenvalue weighted by atomic mass is 79.9. The van der Waals surface area contributed by atoms with Crippen molar-refractivity contribution in [1.82, 2.24) is 10.2 Å². The fourth-order valence-corrected chi connectivity index (χ4v) is 1.47. The minimum atomic E-state index is 0.265. The van der Waals surface area contributed by atoms with Gasteiger partial charge in [-0.2, -0.15) is 0 Å². The first-order valence-electron chi connectivity index (χ1n) is 4.08. The highest BCUT2D eigenvalue weighted by molar-refractivity contribution is 9.10. The van der Waals surface area contributed by atoms with E-state index in [-0.39, 0.29) is 6.54 Å². The zero-order valence-corrected chi connectivity index (χ0v) is 8.86. The van der Waals surface area contributed by atoms with Gasteiger partial charge in [-0.05, 0) is 18.2 Å². The molecular weight excluding hydrogens is 246 g/mol. The van der Waals surface area contributed by atoms with Gasteiger partial charge in [0.1, 0.15) is 0 Å². The zero-order chi connectivity index (χ0) is 9.97. The van der Waals surface area contributed by atoms with Crippen molar-refractivity contribution in [3.8, 4) is 11.5 Å². The second-order valence-corrected chi connectivity index (χ2v) is 3.63. The molecule has 2 aromatic rings. The molecule has 0 saturated heterocycles. The normalized spacial score (nSPS) is 10.4. The molecule has 5 heteroatoms. The molecule has 1 heterocycles. The van der Waals surface area contributed by atoms with Crippen molar-refractivity contribution in [2.45, 2.75) is 6.54 Å². The summed E-state index contributed by atoms with van der Waals surface area (Å²) < 4.78 is 6.28. The van der Waals surface area contributed by atoms with Crippen LogP contribution in [0, 0.1) is 0 Å². The van der Waals surface area contributed by atoms with Gasteiger partial charge in [-0.25, -0.2) is 0 Å². The van der Waals surface area contributed by atoms with Gasteiger partial charge in [0, 0.05) is 10.0 Å². The van der Waals surface area contributed by atoms with Crippen LogP contribution in [0.3, 0.4) is 0 Å². The molecule has 0 atom stereocenters. The lowest BCUT2D eigenvalue weighted by Gasteiger charge is -1.94. The predicted molar refractivity (Wildman–Crippen MR) is 55.3 cm³/mol. The molecule has 0 amide bonds. The molecule has 0 spiro atoms. The highest BCUT2D eigenvalue weighted by Gasteiger charge is 2.06. The van der Waals surface area contributed by atoms with Crippen LogP contribution in [-0.2, 0) is 6.54 Å². The third-order valence-corrected chi connectivity index (χ3v) is 2.21. The van der Waals surface area contributed by atoms with E-state index in [9.17, 15) is 0 Å². The Hall–Kier alpha value is -1.20. The Morgan fingerprint density at radius 3 is 2.86 bits per heavy atom. The van der Waals surface area contributed by atoms with E-state index in [1.54, 1.807) is 0 Å². The largest absolute Gasteiger partial charge is 0.419 e. The molecule has 72 valence electrons. The number of hydrogen-bond acceptors (Lipinski definition) is 4. The summed E-state index contributed by atoms with van der Waals surface area (Å²) in [6, 6.07) is 7.65. The molecular formula is C9H8BrN3O. The number of rotatable bonds is 2. The van der Waals surface area contributed by atoms with Crippen LogP contribution in [0.25, 0.3) is 11.5 Å². The molecule has 0 aliphatic heterocycles. The van der Waals surface area contributed by atoms with Gasteiger partial charge in [0.15, 0.2) is 0 Å². The fourth-order valence-electron chi connectivity index (χ4n) is 1.07. The lowest BCUT2D eigenvalue weighted by Crippen LogP contribution is -1.95. The Labute approximate surface area is 89.3 Å². The maximum atomic E-state index is 5.37. The molecule has 0 saturated carbocycles. The van der Waals surface area contributed by atoms with Crippen LogP contribution in [0.15, 0.2) is 33.2 Å². The quantitative estimate of drug-likeness (QED) is 0.889.